The van der Waals surface area contributed by atoms with Crippen LogP contribution in [-0.4, -0.2) is 4.98 Å². The third kappa shape index (κ3) is 3.02. The number of nitrogens with zero attached hydrogens (tertiary/aromatic N) is 1. The van der Waals surface area contributed by atoms with Gasteiger partial charge in [0, 0.05) is 16.0 Å². The molecule has 0 bridgehead atoms. The van der Waals surface area contributed by atoms with Crippen LogP contribution in [-0.2, 0) is 5.88 Å². The van der Waals surface area contributed by atoms with E-state index in [0.29, 0.717) is 5.88 Å². The topological polar surface area (TPSA) is 12.9 Å². The Balaban J connectivity index is 2.08. The molecule has 0 fully saturated rings. The number of halogens is 1. The standard InChI is InChI=1S/C18H16ClNS/c1-12-6-8-14(9-7-12)17-16(11-19)21-18(20-17)15-5-3-4-13(2)10-15/h3-10H,11H2,1-2H3. The van der Waals surface area contributed by atoms with Crippen molar-refractivity contribution in [2.45, 2.75) is 19.7 Å². The summed E-state index contributed by atoms with van der Waals surface area (Å²) in [5, 5.41) is 1.03. The third-order valence-electron chi connectivity index (χ3n) is 3.41. The molecule has 1 heterocycles. The summed E-state index contributed by atoms with van der Waals surface area (Å²) >= 11 is 7.79. The molecule has 1 aromatic heterocycles. The monoisotopic (exact) mass is 313 g/mol. The molecule has 0 N–H and O–H groups in total. The third-order valence-corrected chi connectivity index (χ3v) is 4.94. The highest BCUT2D eigenvalue weighted by Gasteiger charge is 2.13. The van der Waals surface area contributed by atoms with Crippen LogP contribution in [0.15, 0.2) is 48.5 Å². The molecule has 0 saturated heterocycles. The fraction of sp³-hybridized carbons (Fsp3) is 0.167. The maximum Gasteiger partial charge on any atom is 0.124 e. The number of hydrogen-bond acceptors (Lipinski definition) is 2. The van der Waals surface area contributed by atoms with E-state index in [0.717, 1.165) is 26.7 Å². The second-order valence-electron chi connectivity index (χ2n) is 5.16. The van der Waals surface area contributed by atoms with Crippen molar-refractivity contribution in [3.05, 3.63) is 64.5 Å². The molecule has 3 rings (SSSR count). The molecule has 0 saturated carbocycles. The summed E-state index contributed by atoms with van der Waals surface area (Å²) in [5.41, 5.74) is 5.79. The highest BCUT2D eigenvalue weighted by atomic mass is 35.5. The summed E-state index contributed by atoms with van der Waals surface area (Å²) in [6, 6.07) is 16.9. The van der Waals surface area contributed by atoms with Crippen molar-refractivity contribution in [1.29, 1.82) is 0 Å². The smallest absolute Gasteiger partial charge is 0.124 e. The second kappa shape index (κ2) is 6.00. The van der Waals surface area contributed by atoms with Crippen LogP contribution in [0.5, 0.6) is 0 Å². The highest BCUT2D eigenvalue weighted by Crippen LogP contribution is 2.35. The molecule has 0 spiro atoms. The minimum atomic E-state index is 0.493. The predicted octanol–water partition coefficient (Wildman–Crippen LogP) is 5.83. The number of hydrogen-bond donors (Lipinski definition) is 0. The lowest BCUT2D eigenvalue weighted by Crippen LogP contribution is -1.84. The van der Waals surface area contributed by atoms with Gasteiger partial charge in [0.1, 0.15) is 5.01 Å². The second-order valence-corrected chi connectivity index (χ2v) is 6.51. The Bertz CT molecular complexity index is 759. The van der Waals surface area contributed by atoms with E-state index in [1.807, 2.05) is 0 Å². The number of rotatable bonds is 3. The number of aromatic nitrogens is 1. The molecular weight excluding hydrogens is 298 g/mol. The Morgan fingerprint density at radius 3 is 2.38 bits per heavy atom. The maximum absolute atomic E-state index is 6.12. The van der Waals surface area contributed by atoms with E-state index in [-0.39, 0.29) is 0 Å². The van der Waals surface area contributed by atoms with Gasteiger partial charge in [-0.2, -0.15) is 0 Å². The van der Waals surface area contributed by atoms with Crippen molar-refractivity contribution < 1.29 is 0 Å². The van der Waals surface area contributed by atoms with Gasteiger partial charge in [0.25, 0.3) is 0 Å². The summed E-state index contributed by atoms with van der Waals surface area (Å²) in [5.74, 6) is 0.493. The van der Waals surface area contributed by atoms with E-state index in [1.165, 1.54) is 11.1 Å². The molecule has 0 radical (unpaired) electrons. The summed E-state index contributed by atoms with van der Waals surface area (Å²) in [7, 11) is 0. The molecule has 3 heteroatoms. The SMILES string of the molecule is Cc1ccc(-c2nc(-c3cccc(C)c3)sc2CCl)cc1. The lowest BCUT2D eigenvalue weighted by atomic mass is 10.1. The summed E-state index contributed by atoms with van der Waals surface area (Å²) in [4.78, 5) is 5.95. The van der Waals surface area contributed by atoms with Gasteiger partial charge in [0.2, 0.25) is 0 Å². The zero-order chi connectivity index (χ0) is 14.8. The largest absolute Gasteiger partial charge is 0.236 e. The van der Waals surface area contributed by atoms with E-state index < -0.39 is 0 Å². The van der Waals surface area contributed by atoms with E-state index in [1.54, 1.807) is 11.3 Å². The van der Waals surface area contributed by atoms with Gasteiger partial charge in [0.05, 0.1) is 11.6 Å². The minimum absolute atomic E-state index is 0.493. The molecule has 0 amide bonds. The van der Waals surface area contributed by atoms with Gasteiger partial charge < -0.3 is 0 Å². The van der Waals surface area contributed by atoms with Crippen molar-refractivity contribution in [2.75, 3.05) is 0 Å². The normalized spacial score (nSPS) is 10.8. The Kier molecular flexibility index (Phi) is 4.09. The maximum atomic E-state index is 6.12. The summed E-state index contributed by atoms with van der Waals surface area (Å²) in [6.07, 6.45) is 0. The zero-order valence-electron chi connectivity index (χ0n) is 12.1. The van der Waals surface area contributed by atoms with Crippen molar-refractivity contribution >= 4 is 22.9 Å². The van der Waals surface area contributed by atoms with Gasteiger partial charge in [-0.3, -0.25) is 0 Å². The molecular formula is C18H16ClNS. The Hall–Kier alpha value is -1.64. The molecule has 0 atom stereocenters. The van der Waals surface area contributed by atoms with E-state index in [4.69, 9.17) is 16.6 Å². The number of benzene rings is 2. The molecule has 0 aliphatic rings. The summed E-state index contributed by atoms with van der Waals surface area (Å²) < 4.78 is 0. The van der Waals surface area contributed by atoms with Crippen LogP contribution in [0.4, 0.5) is 0 Å². The Labute approximate surface area is 134 Å². The molecule has 106 valence electrons. The average Bonchev–Trinajstić information content (AvgIpc) is 2.92. The van der Waals surface area contributed by atoms with Gasteiger partial charge in [0.15, 0.2) is 0 Å². The van der Waals surface area contributed by atoms with Crippen molar-refractivity contribution in [3.63, 3.8) is 0 Å². The fourth-order valence-corrected chi connectivity index (χ4v) is 3.50. The average molecular weight is 314 g/mol. The fourth-order valence-electron chi connectivity index (χ4n) is 2.28. The van der Waals surface area contributed by atoms with Crippen LogP contribution in [0.1, 0.15) is 16.0 Å². The highest BCUT2D eigenvalue weighted by molar-refractivity contribution is 7.15. The van der Waals surface area contributed by atoms with E-state index >= 15 is 0 Å². The number of aryl methyl sites for hydroxylation is 2. The van der Waals surface area contributed by atoms with Crippen LogP contribution in [0.2, 0.25) is 0 Å². The molecule has 1 nitrogen and oxygen atoms in total. The lowest BCUT2D eigenvalue weighted by molar-refractivity contribution is 1.34. The lowest BCUT2D eigenvalue weighted by Gasteiger charge is -2.00. The van der Waals surface area contributed by atoms with E-state index in [2.05, 4.69) is 62.4 Å². The molecule has 3 aromatic rings. The first kappa shape index (κ1) is 14.3. The van der Waals surface area contributed by atoms with Gasteiger partial charge in [-0.25, -0.2) is 4.98 Å². The minimum Gasteiger partial charge on any atom is -0.236 e. The first-order chi connectivity index (χ1) is 10.2. The van der Waals surface area contributed by atoms with Gasteiger partial charge >= 0.3 is 0 Å². The predicted molar refractivity (Wildman–Crippen MR) is 92.0 cm³/mol. The first-order valence-corrected chi connectivity index (χ1v) is 8.22. The first-order valence-electron chi connectivity index (χ1n) is 6.87. The van der Waals surface area contributed by atoms with Crippen LogP contribution in [0, 0.1) is 13.8 Å². The molecule has 0 aliphatic heterocycles. The van der Waals surface area contributed by atoms with Crippen molar-refractivity contribution in [3.8, 4) is 21.8 Å². The molecule has 2 aromatic carbocycles. The van der Waals surface area contributed by atoms with Crippen LogP contribution >= 0.6 is 22.9 Å². The molecule has 21 heavy (non-hydrogen) atoms. The van der Waals surface area contributed by atoms with Crippen molar-refractivity contribution in [2.24, 2.45) is 0 Å². The number of thiazole rings is 1. The molecule has 0 unspecified atom stereocenters. The number of alkyl halides is 1. The summed E-state index contributed by atoms with van der Waals surface area (Å²) in [6.45, 7) is 4.19. The van der Waals surface area contributed by atoms with Crippen LogP contribution < -0.4 is 0 Å². The van der Waals surface area contributed by atoms with Crippen LogP contribution in [0.25, 0.3) is 21.8 Å². The zero-order valence-corrected chi connectivity index (χ0v) is 13.6. The van der Waals surface area contributed by atoms with Crippen molar-refractivity contribution in [1.82, 2.24) is 4.98 Å². The van der Waals surface area contributed by atoms with Gasteiger partial charge in [-0.1, -0.05) is 53.6 Å². The van der Waals surface area contributed by atoms with Gasteiger partial charge in [-0.05, 0) is 19.9 Å². The van der Waals surface area contributed by atoms with Gasteiger partial charge in [-0.15, -0.1) is 22.9 Å². The Morgan fingerprint density at radius 2 is 1.71 bits per heavy atom. The van der Waals surface area contributed by atoms with Crippen LogP contribution in [0.3, 0.4) is 0 Å². The Morgan fingerprint density at radius 1 is 0.952 bits per heavy atom. The van der Waals surface area contributed by atoms with E-state index in [9.17, 15) is 0 Å². The molecule has 0 aliphatic carbocycles. The quantitative estimate of drug-likeness (QED) is 0.554.